The number of carbonyl (C=O) groups is 3. The molecule has 1 rings (SSSR count). The average molecular weight is 299 g/mol. The van der Waals surface area contributed by atoms with Crippen LogP contribution in [0.2, 0.25) is 0 Å². The second-order valence-corrected chi connectivity index (χ2v) is 6.22. The van der Waals surface area contributed by atoms with E-state index < -0.39 is 29.3 Å². The maximum atomic E-state index is 11.8. The zero-order valence-electron chi connectivity index (χ0n) is 11.4. The van der Waals surface area contributed by atoms with Gasteiger partial charge in [-0.3, -0.25) is 14.9 Å². The summed E-state index contributed by atoms with van der Waals surface area (Å²) in [6.07, 6.45) is 1.31. The molecule has 9 heteroatoms. The van der Waals surface area contributed by atoms with Gasteiger partial charge in [0.05, 0.1) is 6.20 Å². The molecule has 0 spiro atoms. The lowest BCUT2D eigenvalue weighted by molar-refractivity contribution is -0.122. The molecule has 0 radical (unpaired) electrons. The summed E-state index contributed by atoms with van der Waals surface area (Å²) in [5.41, 5.74) is 9.79. The highest BCUT2D eigenvalue weighted by molar-refractivity contribution is 7.17. The van der Waals surface area contributed by atoms with Gasteiger partial charge < -0.3 is 16.8 Å². The number of hydrogen-bond donors (Lipinski definition) is 4. The fourth-order valence-corrected chi connectivity index (χ4v) is 2.10. The van der Waals surface area contributed by atoms with Gasteiger partial charge in [0.2, 0.25) is 5.91 Å². The number of amides is 4. The minimum absolute atomic E-state index is 0.0857. The van der Waals surface area contributed by atoms with Crippen molar-refractivity contribution in [1.82, 2.24) is 10.3 Å². The Morgan fingerprint density at radius 3 is 2.30 bits per heavy atom. The van der Waals surface area contributed by atoms with E-state index in [0.717, 1.165) is 11.3 Å². The van der Waals surface area contributed by atoms with Crippen LogP contribution in [0.1, 0.15) is 30.6 Å². The Morgan fingerprint density at radius 2 is 1.90 bits per heavy atom. The molecule has 110 valence electrons. The van der Waals surface area contributed by atoms with E-state index in [1.54, 1.807) is 20.8 Å². The van der Waals surface area contributed by atoms with Crippen molar-refractivity contribution in [2.75, 3.05) is 5.32 Å². The van der Waals surface area contributed by atoms with Crippen LogP contribution in [0.25, 0.3) is 0 Å². The molecule has 6 N–H and O–H groups in total. The summed E-state index contributed by atoms with van der Waals surface area (Å²) in [5.74, 6) is -1.30. The van der Waals surface area contributed by atoms with Crippen LogP contribution in [0.15, 0.2) is 6.20 Å². The van der Waals surface area contributed by atoms with Gasteiger partial charge in [0.1, 0.15) is 11.0 Å². The SMILES string of the molecule is CC(C)(C)[C@H](NC(=O)Nc1cnc(C(N)=O)s1)C(N)=O. The highest BCUT2D eigenvalue weighted by Crippen LogP contribution is 2.20. The highest BCUT2D eigenvalue weighted by atomic mass is 32.1. The number of urea groups is 1. The summed E-state index contributed by atoms with van der Waals surface area (Å²) in [5, 5.41) is 5.37. The third-order valence-corrected chi connectivity index (χ3v) is 3.31. The van der Waals surface area contributed by atoms with Crippen LogP contribution in [0.3, 0.4) is 0 Å². The molecule has 1 atom stereocenters. The summed E-state index contributed by atoms with van der Waals surface area (Å²) in [6.45, 7) is 5.34. The third kappa shape index (κ3) is 4.19. The van der Waals surface area contributed by atoms with E-state index in [1.807, 2.05) is 0 Å². The molecule has 0 aliphatic rings. The van der Waals surface area contributed by atoms with Crippen LogP contribution in [0.5, 0.6) is 0 Å². The lowest BCUT2D eigenvalue weighted by Gasteiger charge is -2.28. The number of nitrogens with two attached hydrogens (primary N) is 2. The molecule has 0 bridgehead atoms. The lowest BCUT2D eigenvalue weighted by Crippen LogP contribution is -2.53. The Hall–Kier alpha value is -2.16. The average Bonchev–Trinajstić information content (AvgIpc) is 2.72. The second kappa shape index (κ2) is 5.87. The first-order valence-electron chi connectivity index (χ1n) is 5.73. The van der Waals surface area contributed by atoms with Crippen LogP contribution in [-0.4, -0.2) is 28.9 Å². The zero-order valence-corrected chi connectivity index (χ0v) is 12.2. The zero-order chi connectivity index (χ0) is 15.5. The van der Waals surface area contributed by atoms with Gasteiger partial charge in [-0.1, -0.05) is 32.1 Å². The summed E-state index contributed by atoms with van der Waals surface area (Å²) < 4.78 is 0. The van der Waals surface area contributed by atoms with E-state index in [-0.39, 0.29) is 5.01 Å². The molecule has 1 heterocycles. The van der Waals surface area contributed by atoms with Crippen molar-refractivity contribution >= 4 is 34.2 Å². The van der Waals surface area contributed by atoms with Crippen LogP contribution < -0.4 is 22.1 Å². The Kier molecular flexibility index (Phi) is 4.66. The highest BCUT2D eigenvalue weighted by Gasteiger charge is 2.31. The minimum atomic E-state index is -0.828. The predicted molar refractivity (Wildman–Crippen MR) is 75.2 cm³/mol. The van der Waals surface area contributed by atoms with Gasteiger partial charge in [0, 0.05) is 0 Å². The molecule has 0 saturated heterocycles. The van der Waals surface area contributed by atoms with E-state index in [4.69, 9.17) is 11.5 Å². The smallest absolute Gasteiger partial charge is 0.320 e. The summed E-state index contributed by atoms with van der Waals surface area (Å²) >= 11 is 0.939. The summed E-state index contributed by atoms with van der Waals surface area (Å²) in [7, 11) is 0. The van der Waals surface area contributed by atoms with Crippen molar-refractivity contribution in [3.8, 4) is 0 Å². The van der Waals surface area contributed by atoms with Crippen molar-refractivity contribution < 1.29 is 14.4 Å². The van der Waals surface area contributed by atoms with Gasteiger partial charge in [-0.2, -0.15) is 0 Å². The first kappa shape index (κ1) is 15.9. The number of rotatable bonds is 4. The molecule has 1 aromatic heterocycles. The van der Waals surface area contributed by atoms with Crippen molar-refractivity contribution in [2.24, 2.45) is 16.9 Å². The number of hydrogen-bond acceptors (Lipinski definition) is 5. The molecule has 0 aliphatic carbocycles. The number of primary amides is 2. The van der Waals surface area contributed by atoms with E-state index >= 15 is 0 Å². The summed E-state index contributed by atoms with van der Waals surface area (Å²) in [6, 6.07) is -1.44. The molecule has 0 saturated carbocycles. The standard InChI is InChI=1S/C11H17N5O3S/c1-11(2,3)6(7(12)17)16-10(19)15-5-4-14-9(20-5)8(13)18/h4,6H,1-3H3,(H2,12,17)(H2,13,18)(H2,15,16,19)/t6-/m1/s1. The van der Waals surface area contributed by atoms with Gasteiger partial charge >= 0.3 is 6.03 Å². The van der Waals surface area contributed by atoms with E-state index in [2.05, 4.69) is 15.6 Å². The van der Waals surface area contributed by atoms with Crippen LogP contribution >= 0.6 is 11.3 Å². The molecule has 20 heavy (non-hydrogen) atoms. The fraction of sp³-hybridized carbons (Fsp3) is 0.455. The molecule has 4 amide bonds. The first-order chi connectivity index (χ1) is 9.11. The number of anilines is 1. The maximum Gasteiger partial charge on any atom is 0.320 e. The molecule has 0 aliphatic heterocycles. The number of thiazole rings is 1. The van der Waals surface area contributed by atoms with Crippen molar-refractivity contribution in [3.05, 3.63) is 11.2 Å². The van der Waals surface area contributed by atoms with Gasteiger partial charge in [-0.25, -0.2) is 9.78 Å². The predicted octanol–water partition coefficient (Wildman–Crippen LogP) is 0.263. The second-order valence-electron chi connectivity index (χ2n) is 5.19. The Morgan fingerprint density at radius 1 is 1.30 bits per heavy atom. The van der Waals surface area contributed by atoms with Gasteiger partial charge in [0.15, 0.2) is 5.01 Å². The molecule has 0 fully saturated rings. The summed E-state index contributed by atoms with van der Waals surface area (Å²) in [4.78, 5) is 37.7. The quantitative estimate of drug-likeness (QED) is 0.633. The number of nitrogens with one attached hydrogen (secondary N) is 2. The first-order valence-corrected chi connectivity index (χ1v) is 6.55. The van der Waals surface area contributed by atoms with Crippen molar-refractivity contribution in [1.29, 1.82) is 0 Å². The van der Waals surface area contributed by atoms with E-state index in [1.165, 1.54) is 6.20 Å². The van der Waals surface area contributed by atoms with E-state index in [0.29, 0.717) is 5.00 Å². The van der Waals surface area contributed by atoms with Crippen LogP contribution in [-0.2, 0) is 4.79 Å². The fourth-order valence-electron chi connectivity index (χ4n) is 1.44. The van der Waals surface area contributed by atoms with Gasteiger partial charge in [-0.05, 0) is 5.41 Å². The third-order valence-electron chi connectivity index (χ3n) is 2.38. The van der Waals surface area contributed by atoms with Gasteiger partial charge in [-0.15, -0.1) is 0 Å². The Bertz CT molecular complexity index is 534. The van der Waals surface area contributed by atoms with Crippen molar-refractivity contribution in [3.63, 3.8) is 0 Å². The Balaban J connectivity index is 2.71. The number of nitrogens with zero attached hydrogens (tertiary/aromatic N) is 1. The van der Waals surface area contributed by atoms with E-state index in [9.17, 15) is 14.4 Å². The molecule has 0 unspecified atom stereocenters. The minimum Gasteiger partial charge on any atom is -0.368 e. The Labute approximate surface area is 119 Å². The maximum absolute atomic E-state index is 11.8. The van der Waals surface area contributed by atoms with Crippen LogP contribution in [0.4, 0.5) is 9.80 Å². The lowest BCUT2D eigenvalue weighted by atomic mass is 9.86. The normalized spacial score (nSPS) is 12.6. The molecule has 8 nitrogen and oxygen atoms in total. The largest absolute Gasteiger partial charge is 0.368 e. The topological polar surface area (TPSA) is 140 Å². The number of aromatic nitrogens is 1. The van der Waals surface area contributed by atoms with Crippen molar-refractivity contribution in [2.45, 2.75) is 26.8 Å². The molecule has 0 aromatic carbocycles. The molecular formula is C11H17N5O3S. The van der Waals surface area contributed by atoms with Crippen LogP contribution in [0, 0.1) is 5.41 Å². The number of carbonyl (C=O) groups excluding carboxylic acids is 3. The van der Waals surface area contributed by atoms with Gasteiger partial charge in [0.25, 0.3) is 5.91 Å². The molecule has 1 aromatic rings. The monoisotopic (exact) mass is 299 g/mol. The molecular weight excluding hydrogens is 282 g/mol.